The van der Waals surface area contributed by atoms with E-state index in [0.717, 1.165) is 6.42 Å². The van der Waals surface area contributed by atoms with E-state index >= 15 is 0 Å². The summed E-state index contributed by atoms with van der Waals surface area (Å²) in [6.45, 7) is 1.78. The highest BCUT2D eigenvalue weighted by molar-refractivity contribution is 7.09. The van der Waals surface area contributed by atoms with E-state index in [0.29, 0.717) is 17.2 Å². The molecule has 0 fully saturated rings. The van der Waals surface area contributed by atoms with Crippen LogP contribution in [0.5, 0.6) is 5.75 Å². The van der Waals surface area contributed by atoms with Gasteiger partial charge in [0.25, 0.3) is 0 Å². The Labute approximate surface area is 122 Å². The molecule has 0 saturated heterocycles. The number of ketones is 1. The molecule has 0 aliphatic heterocycles. The van der Waals surface area contributed by atoms with Gasteiger partial charge in [0.1, 0.15) is 5.75 Å². The molecule has 2 aromatic rings. The van der Waals surface area contributed by atoms with E-state index < -0.39 is 6.10 Å². The number of carbonyl (C=O) groups excluding carboxylic acids is 1. The fraction of sp³-hybridized carbons (Fsp3) is 0.267. The van der Waals surface area contributed by atoms with Crippen LogP contribution in [-0.4, -0.2) is 11.9 Å². The Morgan fingerprint density at radius 1 is 1.37 bits per heavy atom. The van der Waals surface area contributed by atoms with Crippen LogP contribution >= 0.6 is 22.9 Å². The second-order valence-electron chi connectivity index (χ2n) is 4.26. The number of hydrogen-bond acceptors (Lipinski definition) is 3. The van der Waals surface area contributed by atoms with Crippen LogP contribution in [0, 0.1) is 0 Å². The van der Waals surface area contributed by atoms with Gasteiger partial charge in [0.15, 0.2) is 11.9 Å². The summed E-state index contributed by atoms with van der Waals surface area (Å²) < 4.78 is 5.60. The lowest BCUT2D eigenvalue weighted by atomic mass is 10.1. The number of Topliss-reactive ketones (excluding diaryl/α,β-unsaturated/α-hetero) is 1. The molecule has 19 heavy (non-hydrogen) atoms. The summed E-state index contributed by atoms with van der Waals surface area (Å²) in [7, 11) is 0. The van der Waals surface area contributed by atoms with Gasteiger partial charge in [-0.25, -0.2) is 0 Å². The molecule has 4 heteroatoms. The highest BCUT2D eigenvalue weighted by Gasteiger charge is 2.14. The largest absolute Gasteiger partial charge is 0.483 e. The molecule has 1 aromatic heterocycles. The monoisotopic (exact) mass is 294 g/mol. The Kier molecular flexibility index (Phi) is 5.00. The third-order valence-electron chi connectivity index (χ3n) is 2.76. The number of ether oxygens (including phenoxy) is 1. The summed E-state index contributed by atoms with van der Waals surface area (Å²) >= 11 is 7.55. The van der Waals surface area contributed by atoms with E-state index in [-0.39, 0.29) is 5.78 Å². The zero-order chi connectivity index (χ0) is 13.7. The lowest BCUT2D eigenvalue weighted by Gasteiger charge is -2.13. The Balaban J connectivity index is 1.85. The topological polar surface area (TPSA) is 26.3 Å². The number of hydrogen-bond donors (Lipinski definition) is 0. The first-order chi connectivity index (χ1) is 9.15. The minimum Gasteiger partial charge on any atom is -0.483 e. The first-order valence-corrected chi connectivity index (χ1v) is 7.38. The standard InChI is InChI=1S/C15H15ClO2S/c1-11(18-13-5-2-4-12(16)10-13)15(17)8-7-14-6-3-9-19-14/h2-6,9-11H,7-8H2,1H3. The number of carbonyl (C=O) groups is 1. The maximum Gasteiger partial charge on any atom is 0.173 e. The van der Waals surface area contributed by atoms with E-state index in [9.17, 15) is 4.79 Å². The minimum absolute atomic E-state index is 0.105. The van der Waals surface area contributed by atoms with Crippen LogP contribution in [0.25, 0.3) is 0 Å². The van der Waals surface area contributed by atoms with E-state index in [1.54, 1.807) is 42.5 Å². The molecule has 0 bridgehead atoms. The molecular weight excluding hydrogens is 280 g/mol. The predicted molar refractivity (Wildman–Crippen MR) is 79.2 cm³/mol. The molecule has 0 radical (unpaired) electrons. The molecule has 2 rings (SSSR count). The third-order valence-corrected chi connectivity index (χ3v) is 3.93. The van der Waals surface area contributed by atoms with E-state index in [4.69, 9.17) is 16.3 Å². The second-order valence-corrected chi connectivity index (χ2v) is 5.73. The maximum absolute atomic E-state index is 12.0. The van der Waals surface area contributed by atoms with Crippen molar-refractivity contribution in [2.24, 2.45) is 0 Å². The van der Waals surface area contributed by atoms with Gasteiger partial charge in [-0.05, 0) is 43.0 Å². The van der Waals surface area contributed by atoms with Gasteiger partial charge in [-0.2, -0.15) is 0 Å². The summed E-state index contributed by atoms with van der Waals surface area (Å²) in [5.74, 6) is 0.734. The summed E-state index contributed by atoms with van der Waals surface area (Å²) in [5.41, 5.74) is 0. The summed E-state index contributed by atoms with van der Waals surface area (Å²) in [4.78, 5) is 13.2. The average molecular weight is 295 g/mol. The number of halogens is 1. The van der Waals surface area contributed by atoms with Gasteiger partial charge < -0.3 is 4.74 Å². The lowest BCUT2D eigenvalue weighted by molar-refractivity contribution is -0.125. The number of benzene rings is 1. The van der Waals surface area contributed by atoms with Crippen LogP contribution in [0.1, 0.15) is 18.2 Å². The molecule has 0 amide bonds. The second kappa shape index (κ2) is 6.73. The minimum atomic E-state index is -0.446. The van der Waals surface area contributed by atoms with Crippen LogP contribution < -0.4 is 4.74 Å². The van der Waals surface area contributed by atoms with Crippen molar-refractivity contribution in [1.82, 2.24) is 0 Å². The lowest BCUT2D eigenvalue weighted by Crippen LogP contribution is -2.24. The SMILES string of the molecule is CC(Oc1cccc(Cl)c1)C(=O)CCc1cccs1. The first kappa shape index (κ1) is 14.1. The van der Waals surface area contributed by atoms with Gasteiger partial charge in [0.05, 0.1) is 0 Å². The molecule has 0 N–H and O–H groups in total. The Hall–Kier alpha value is -1.32. The highest BCUT2D eigenvalue weighted by Crippen LogP contribution is 2.19. The van der Waals surface area contributed by atoms with E-state index in [1.165, 1.54) is 4.88 Å². The van der Waals surface area contributed by atoms with Crippen LogP contribution in [0.2, 0.25) is 5.02 Å². The van der Waals surface area contributed by atoms with Crippen molar-refractivity contribution in [1.29, 1.82) is 0 Å². The zero-order valence-corrected chi connectivity index (χ0v) is 12.2. The molecule has 2 nitrogen and oxygen atoms in total. The van der Waals surface area contributed by atoms with Crippen LogP contribution in [0.4, 0.5) is 0 Å². The van der Waals surface area contributed by atoms with Crippen molar-refractivity contribution in [2.45, 2.75) is 25.9 Å². The molecule has 1 unspecified atom stereocenters. The number of thiophene rings is 1. The summed E-state index contributed by atoms with van der Waals surface area (Å²) in [6.07, 6.45) is 0.834. The molecular formula is C15H15ClO2S. The number of aryl methyl sites for hydroxylation is 1. The van der Waals surface area contributed by atoms with Crippen LogP contribution in [0.3, 0.4) is 0 Å². The van der Waals surface area contributed by atoms with Crippen LogP contribution in [-0.2, 0) is 11.2 Å². The normalized spacial score (nSPS) is 12.1. The third kappa shape index (κ3) is 4.37. The molecule has 1 atom stereocenters. The van der Waals surface area contributed by atoms with Gasteiger partial charge in [-0.15, -0.1) is 11.3 Å². The van der Waals surface area contributed by atoms with Gasteiger partial charge >= 0.3 is 0 Å². The quantitative estimate of drug-likeness (QED) is 0.791. The first-order valence-electron chi connectivity index (χ1n) is 6.12. The summed E-state index contributed by atoms with van der Waals surface area (Å²) in [6, 6.07) is 11.1. The Morgan fingerprint density at radius 3 is 2.89 bits per heavy atom. The Bertz CT molecular complexity index is 537. The molecule has 0 saturated carbocycles. The fourth-order valence-corrected chi connectivity index (χ4v) is 2.60. The number of rotatable bonds is 6. The molecule has 0 aliphatic carbocycles. The van der Waals surface area contributed by atoms with Gasteiger partial charge in [0.2, 0.25) is 0 Å². The highest BCUT2D eigenvalue weighted by atomic mass is 35.5. The van der Waals surface area contributed by atoms with E-state index in [2.05, 4.69) is 0 Å². The molecule has 0 aliphatic rings. The smallest absolute Gasteiger partial charge is 0.173 e. The molecule has 1 heterocycles. The average Bonchev–Trinajstić information content (AvgIpc) is 2.89. The maximum atomic E-state index is 12.0. The van der Waals surface area contributed by atoms with Gasteiger partial charge in [-0.3, -0.25) is 4.79 Å². The fourth-order valence-electron chi connectivity index (χ4n) is 1.71. The van der Waals surface area contributed by atoms with Crippen molar-refractivity contribution >= 4 is 28.7 Å². The van der Waals surface area contributed by atoms with Crippen molar-refractivity contribution in [3.63, 3.8) is 0 Å². The molecule has 1 aromatic carbocycles. The van der Waals surface area contributed by atoms with Crippen LogP contribution in [0.15, 0.2) is 41.8 Å². The zero-order valence-electron chi connectivity index (χ0n) is 10.6. The van der Waals surface area contributed by atoms with Gasteiger partial charge in [-0.1, -0.05) is 23.7 Å². The van der Waals surface area contributed by atoms with Crippen molar-refractivity contribution < 1.29 is 9.53 Å². The van der Waals surface area contributed by atoms with E-state index in [1.807, 2.05) is 17.5 Å². The van der Waals surface area contributed by atoms with Gasteiger partial charge in [0, 0.05) is 16.3 Å². The molecule has 0 spiro atoms. The molecule has 100 valence electrons. The Morgan fingerprint density at radius 2 is 2.21 bits per heavy atom. The predicted octanol–water partition coefficient (Wildman–Crippen LogP) is 4.37. The van der Waals surface area contributed by atoms with Crippen molar-refractivity contribution in [2.75, 3.05) is 0 Å². The van der Waals surface area contributed by atoms with Crippen molar-refractivity contribution in [3.8, 4) is 5.75 Å². The summed E-state index contributed by atoms with van der Waals surface area (Å²) in [5, 5.41) is 2.63. The van der Waals surface area contributed by atoms with Crippen molar-refractivity contribution in [3.05, 3.63) is 51.7 Å².